The zero-order valence-corrected chi connectivity index (χ0v) is 18.5. The van der Waals surface area contributed by atoms with Crippen LogP contribution in [0.4, 0.5) is 10.1 Å². The Labute approximate surface area is 197 Å². The van der Waals surface area contributed by atoms with Gasteiger partial charge in [-0.1, -0.05) is 42.5 Å². The number of carboxylic acids is 1. The molecule has 1 aliphatic heterocycles. The lowest BCUT2D eigenvalue weighted by Gasteiger charge is -2.16. The van der Waals surface area contributed by atoms with Crippen LogP contribution in [0.15, 0.2) is 78.9 Å². The number of halogens is 1. The van der Waals surface area contributed by atoms with Crippen LogP contribution in [0.2, 0.25) is 0 Å². The van der Waals surface area contributed by atoms with Crippen molar-refractivity contribution in [1.29, 1.82) is 0 Å². The van der Waals surface area contributed by atoms with Gasteiger partial charge in [0.2, 0.25) is 5.91 Å². The summed E-state index contributed by atoms with van der Waals surface area (Å²) in [5.74, 6) is -1.55. The summed E-state index contributed by atoms with van der Waals surface area (Å²) in [5, 5.41) is 17.7. The summed E-state index contributed by atoms with van der Waals surface area (Å²) in [6.07, 6.45) is 0.0210. The van der Waals surface area contributed by atoms with Crippen LogP contribution in [0.5, 0.6) is 5.75 Å². The number of rotatable bonds is 7. The smallest absolute Gasteiger partial charge is 0.308 e. The molecule has 178 valence electrons. The van der Waals surface area contributed by atoms with E-state index in [1.54, 1.807) is 36.4 Å². The number of carbonyl (C=O) groups excluding carboxylic acids is 1. The van der Waals surface area contributed by atoms with E-state index in [1.807, 2.05) is 30.3 Å². The number of carbonyl (C=O) groups is 2. The third-order valence-corrected chi connectivity index (χ3v) is 5.34. The van der Waals surface area contributed by atoms with Crippen molar-refractivity contribution in [2.45, 2.75) is 19.1 Å². The van der Waals surface area contributed by atoms with Gasteiger partial charge >= 0.3 is 5.97 Å². The molecule has 7 nitrogen and oxygen atoms in total. The number of benzene rings is 3. The van der Waals surface area contributed by atoms with E-state index in [0.29, 0.717) is 11.4 Å². The van der Waals surface area contributed by atoms with E-state index in [1.165, 1.54) is 17.0 Å². The zero-order chi connectivity index (χ0) is 24.5. The molecule has 1 heterocycles. The number of nitrogens with zero attached hydrogens (tertiary/aromatic N) is 1. The second-order valence-corrected chi connectivity index (χ2v) is 7.86. The minimum atomic E-state index is -0.958. The summed E-state index contributed by atoms with van der Waals surface area (Å²) < 4.78 is 18.7. The molecule has 0 aromatic heterocycles. The number of aliphatic carboxylic acids is 1. The van der Waals surface area contributed by atoms with E-state index in [4.69, 9.17) is 20.7 Å². The molecule has 4 N–H and O–H groups in total. The quantitative estimate of drug-likeness (QED) is 0.491. The molecule has 0 aliphatic carbocycles. The van der Waals surface area contributed by atoms with E-state index in [0.717, 1.165) is 11.1 Å². The standard InChI is InChI=1S/C18H16FNO4.C8H11NO/c19-14-3-1-2-12(8-14)11-24-16-6-4-15(5-7-16)20-10-13(18(22)23)9-17(20)21;9-8(6-10)7-4-2-1-3-5-7/h1-8,13H,9-11H2,(H,22,23);1-5,8,10H,6,9H2/t;8-/m.0/s1. The maximum atomic E-state index is 13.1. The van der Waals surface area contributed by atoms with E-state index in [-0.39, 0.29) is 43.9 Å². The Kier molecular flexibility index (Phi) is 8.73. The van der Waals surface area contributed by atoms with Crippen molar-refractivity contribution in [3.8, 4) is 5.75 Å². The molecule has 34 heavy (non-hydrogen) atoms. The highest BCUT2D eigenvalue weighted by molar-refractivity contribution is 5.99. The number of ether oxygens (including phenoxy) is 1. The van der Waals surface area contributed by atoms with Gasteiger partial charge in [0.25, 0.3) is 0 Å². The first-order chi connectivity index (χ1) is 16.4. The van der Waals surface area contributed by atoms with Crippen LogP contribution in [-0.4, -0.2) is 35.2 Å². The molecule has 1 fully saturated rings. The molecule has 0 spiro atoms. The Morgan fingerprint density at radius 3 is 2.38 bits per heavy atom. The molecule has 2 atom stereocenters. The predicted molar refractivity (Wildman–Crippen MR) is 126 cm³/mol. The van der Waals surface area contributed by atoms with Gasteiger partial charge in [0.15, 0.2) is 0 Å². The molecule has 0 saturated carbocycles. The number of hydrogen-bond acceptors (Lipinski definition) is 5. The average molecular weight is 467 g/mol. The van der Waals surface area contributed by atoms with Crippen molar-refractivity contribution in [3.05, 3.63) is 95.8 Å². The van der Waals surface area contributed by atoms with Gasteiger partial charge in [0.05, 0.1) is 18.6 Å². The van der Waals surface area contributed by atoms with Gasteiger partial charge in [-0.25, -0.2) is 4.39 Å². The third-order valence-electron chi connectivity index (χ3n) is 5.34. The summed E-state index contributed by atoms with van der Waals surface area (Å²) in [6.45, 7) is 0.419. The summed E-state index contributed by atoms with van der Waals surface area (Å²) in [5.41, 5.74) is 7.88. The van der Waals surface area contributed by atoms with E-state index < -0.39 is 11.9 Å². The van der Waals surface area contributed by atoms with Gasteiger partial charge in [-0.2, -0.15) is 0 Å². The number of aliphatic hydroxyl groups is 1. The number of anilines is 1. The van der Waals surface area contributed by atoms with Gasteiger partial charge < -0.3 is 25.6 Å². The molecule has 3 aromatic carbocycles. The molecular weight excluding hydrogens is 439 g/mol. The first-order valence-electron chi connectivity index (χ1n) is 10.8. The maximum Gasteiger partial charge on any atom is 0.308 e. The van der Waals surface area contributed by atoms with Crippen LogP contribution in [0.1, 0.15) is 23.6 Å². The largest absolute Gasteiger partial charge is 0.489 e. The molecule has 4 rings (SSSR count). The van der Waals surface area contributed by atoms with Crippen molar-refractivity contribution in [3.63, 3.8) is 0 Å². The molecule has 1 aliphatic rings. The Morgan fingerprint density at radius 1 is 1.09 bits per heavy atom. The van der Waals surface area contributed by atoms with Crippen LogP contribution in [0.3, 0.4) is 0 Å². The SMILES string of the molecule is N[C@@H](CO)c1ccccc1.O=C(O)C1CC(=O)N(c2ccc(OCc3cccc(F)c3)cc2)C1. The van der Waals surface area contributed by atoms with Crippen molar-refractivity contribution >= 4 is 17.6 Å². The lowest BCUT2D eigenvalue weighted by atomic mass is 10.1. The number of aliphatic hydroxyl groups excluding tert-OH is 1. The number of amides is 1. The molecule has 1 unspecified atom stereocenters. The van der Waals surface area contributed by atoms with E-state index in [9.17, 15) is 14.0 Å². The van der Waals surface area contributed by atoms with Crippen molar-refractivity contribution in [2.75, 3.05) is 18.1 Å². The molecule has 8 heteroatoms. The maximum absolute atomic E-state index is 13.1. The van der Waals surface area contributed by atoms with Crippen molar-refractivity contribution in [2.24, 2.45) is 11.7 Å². The van der Waals surface area contributed by atoms with Crippen LogP contribution in [0.25, 0.3) is 0 Å². The number of hydrogen-bond donors (Lipinski definition) is 3. The summed E-state index contributed by atoms with van der Waals surface area (Å²) in [4.78, 5) is 24.4. The van der Waals surface area contributed by atoms with Gasteiger partial charge in [-0.15, -0.1) is 0 Å². The fraction of sp³-hybridized carbons (Fsp3) is 0.231. The lowest BCUT2D eigenvalue weighted by molar-refractivity contribution is -0.141. The molecular formula is C26H27FN2O5. The third kappa shape index (κ3) is 6.87. The van der Waals surface area contributed by atoms with E-state index in [2.05, 4.69) is 0 Å². The fourth-order valence-corrected chi connectivity index (χ4v) is 3.44. The summed E-state index contributed by atoms with van der Waals surface area (Å²) >= 11 is 0. The Hall–Kier alpha value is -3.75. The topological polar surface area (TPSA) is 113 Å². The second kappa shape index (κ2) is 11.9. The Bertz CT molecular complexity index is 1090. The summed E-state index contributed by atoms with van der Waals surface area (Å²) in [7, 11) is 0. The fourth-order valence-electron chi connectivity index (χ4n) is 3.44. The summed E-state index contributed by atoms with van der Waals surface area (Å²) in [6, 6.07) is 22.3. The first kappa shape index (κ1) is 24.9. The highest BCUT2D eigenvalue weighted by atomic mass is 19.1. The van der Waals surface area contributed by atoms with Gasteiger partial charge in [-0.05, 0) is 47.5 Å². The molecule has 1 amide bonds. The van der Waals surface area contributed by atoms with Gasteiger partial charge in [-0.3, -0.25) is 9.59 Å². The Balaban J connectivity index is 0.000000271. The van der Waals surface area contributed by atoms with Crippen LogP contribution in [0, 0.1) is 11.7 Å². The minimum absolute atomic E-state index is 0.00398. The number of carboxylic acid groups (broad SMARTS) is 1. The zero-order valence-electron chi connectivity index (χ0n) is 18.5. The molecule has 1 saturated heterocycles. The molecule has 0 radical (unpaired) electrons. The van der Waals surface area contributed by atoms with Gasteiger partial charge in [0.1, 0.15) is 18.2 Å². The Morgan fingerprint density at radius 2 is 1.79 bits per heavy atom. The van der Waals surface area contributed by atoms with Gasteiger partial charge in [0, 0.05) is 18.7 Å². The van der Waals surface area contributed by atoms with Crippen LogP contribution < -0.4 is 15.4 Å². The van der Waals surface area contributed by atoms with E-state index >= 15 is 0 Å². The molecule has 3 aromatic rings. The first-order valence-corrected chi connectivity index (χ1v) is 10.8. The minimum Gasteiger partial charge on any atom is -0.489 e. The highest BCUT2D eigenvalue weighted by Gasteiger charge is 2.34. The van der Waals surface area contributed by atoms with Crippen LogP contribution in [-0.2, 0) is 16.2 Å². The normalized spacial score (nSPS) is 15.9. The number of nitrogens with two attached hydrogens (primary N) is 1. The monoisotopic (exact) mass is 466 g/mol. The lowest BCUT2D eigenvalue weighted by Crippen LogP contribution is -2.25. The van der Waals surface area contributed by atoms with Crippen molar-refractivity contribution in [1.82, 2.24) is 0 Å². The van der Waals surface area contributed by atoms with Crippen LogP contribution >= 0.6 is 0 Å². The predicted octanol–water partition coefficient (Wildman–Crippen LogP) is 3.52. The molecule has 0 bridgehead atoms. The van der Waals surface area contributed by atoms with Crippen molar-refractivity contribution < 1.29 is 28.9 Å². The second-order valence-electron chi connectivity index (χ2n) is 7.86. The average Bonchev–Trinajstić information content (AvgIpc) is 3.25. The highest BCUT2D eigenvalue weighted by Crippen LogP contribution is 2.27.